The number of anilines is 1. The Morgan fingerprint density at radius 1 is 1.35 bits per heavy atom. The number of hydrogen-bond acceptors (Lipinski definition) is 3. The van der Waals surface area contributed by atoms with Crippen molar-refractivity contribution in [1.29, 1.82) is 0 Å². The molecular formula is C14H17N3. The van der Waals surface area contributed by atoms with E-state index < -0.39 is 0 Å². The highest BCUT2D eigenvalue weighted by Crippen LogP contribution is 2.27. The van der Waals surface area contributed by atoms with E-state index in [4.69, 9.17) is 0 Å². The number of pyridine rings is 1. The summed E-state index contributed by atoms with van der Waals surface area (Å²) in [6.07, 6.45) is 3.04. The zero-order valence-electron chi connectivity index (χ0n) is 10.0. The molecule has 1 saturated heterocycles. The highest BCUT2D eigenvalue weighted by molar-refractivity contribution is 5.93. The van der Waals surface area contributed by atoms with Gasteiger partial charge in [-0.2, -0.15) is 0 Å². The summed E-state index contributed by atoms with van der Waals surface area (Å²) in [6.45, 7) is 4.31. The molecular weight excluding hydrogens is 210 g/mol. The topological polar surface area (TPSA) is 37.0 Å². The van der Waals surface area contributed by atoms with E-state index in [0.717, 1.165) is 18.6 Å². The van der Waals surface area contributed by atoms with Gasteiger partial charge in [0.15, 0.2) is 0 Å². The second-order valence-electron chi connectivity index (χ2n) is 4.66. The van der Waals surface area contributed by atoms with Crippen molar-refractivity contribution >= 4 is 16.6 Å². The number of aromatic nitrogens is 1. The molecule has 1 aromatic heterocycles. The van der Waals surface area contributed by atoms with Crippen LogP contribution in [0.5, 0.6) is 0 Å². The third kappa shape index (κ3) is 1.98. The molecule has 1 aromatic carbocycles. The molecule has 2 heterocycles. The maximum atomic E-state index is 4.40. The van der Waals surface area contributed by atoms with Crippen LogP contribution in [0.25, 0.3) is 10.9 Å². The molecule has 1 aliphatic rings. The summed E-state index contributed by atoms with van der Waals surface area (Å²) in [5.74, 6) is 0. The lowest BCUT2D eigenvalue weighted by atomic mass is 10.1. The summed E-state index contributed by atoms with van der Waals surface area (Å²) in [4.78, 5) is 4.40. The van der Waals surface area contributed by atoms with Gasteiger partial charge in [-0.05, 0) is 43.7 Å². The van der Waals surface area contributed by atoms with E-state index in [9.17, 15) is 0 Å². The smallest absolute Gasteiger partial charge is 0.0722 e. The first-order valence-electron chi connectivity index (χ1n) is 6.16. The maximum absolute atomic E-state index is 4.40. The predicted molar refractivity (Wildman–Crippen MR) is 71.4 cm³/mol. The van der Waals surface area contributed by atoms with Crippen LogP contribution in [-0.2, 0) is 0 Å². The normalized spacial score (nSPS) is 19.7. The quantitative estimate of drug-likeness (QED) is 0.826. The van der Waals surface area contributed by atoms with Gasteiger partial charge in [-0.25, -0.2) is 0 Å². The van der Waals surface area contributed by atoms with Gasteiger partial charge in [0.2, 0.25) is 0 Å². The Kier molecular flexibility index (Phi) is 2.69. The van der Waals surface area contributed by atoms with Crippen molar-refractivity contribution in [2.24, 2.45) is 0 Å². The van der Waals surface area contributed by atoms with Crippen LogP contribution in [-0.4, -0.2) is 24.1 Å². The van der Waals surface area contributed by atoms with Crippen molar-refractivity contribution in [2.45, 2.75) is 19.4 Å². The second-order valence-corrected chi connectivity index (χ2v) is 4.66. The molecule has 0 spiro atoms. The molecule has 0 radical (unpaired) electrons. The van der Waals surface area contributed by atoms with Gasteiger partial charge in [0, 0.05) is 29.9 Å². The molecule has 88 valence electrons. The number of hydrogen-bond donors (Lipinski definition) is 2. The van der Waals surface area contributed by atoms with Gasteiger partial charge in [0.05, 0.1) is 5.52 Å². The van der Waals surface area contributed by atoms with Gasteiger partial charge >= 0.3 is 0 Å². The number of nitrogens with zero attached hydrogens (tertiary/aromatic N) is 1. The zero-order valence-corrected chi connectivity index (χ0v) is 10.0. The molecule has 0 amide bonds. The van der Waals surface area contributed by atoms with Crippen LogP contribution in [0.4, 0.5) is 5.69 Å². The molecule has 2 aromatic rings. The minimum Gasteiger partial charge on any atom is -0.380 e. The molecule has 3 nitrogen and oxygen atoms in total. The predicted octanol–water partition coefficient (Wildman–Crippen LogP) is 2.32. The molecule has 0 aliphatic carbocycles. The lowest BCUT2D eigenvalue weighted by Crippen LogP contribution is -2.22. The molecule has 0 bridgehead atoms. The van der Waals surface area contributed by atoms with Crippen molar-refractivity contribution in [3.8, 4) is 0 Å². The summed E-state index contributed by atoms with van der Waals surface area (Å²) in [5, 5.41) is 8.25. The Morgan fingerprint density at radius 2 is 2.29 bits per heavy atom. The van der Waals surface area contributed by atoms with Gasteiger partial charge < -0.3 is 10.6 Å². The highest BCUT2D eigenvalue weighted by atomic mass is 15.0. The first kappa shape index (κ1) is 10.5. The van der Waals surface area contributed by atoms with Crippen LogP contribution in [0.15, 0.2) is 30.5 Å². The summed E-state index contributed by atoms with van der Waals surface area (Å²) in [5.41, 5.74) is 3.59. The van der Waals surface area contributed by atoms with Crippen molar-refractivity contribution in [2.75, 3.05) is 18.4 Å². The Hall–Kier alpha value is -1.61. The van der Waals surface area contributed by atoms with E-state index in [2.05, 4.69) is 40.7 Å². The van der Waals surface area contributed by atoms with Crippen molar-refractivity contribution < 1.29 is 0 Å². The third-order valence-electron chi connectivity index (χ3n) is 3.40. The van der Waals surface area contributed by atoms with Crippen molar-refractivity contribution in [1.82, 2.24) is 10.3 Å². The summed E-state index contributed by atoms with van der Waals surface area (Å²) < 4.78 is 0. The fourth-order valence-corrected chi connectivity index (χ4v) is 2.43. The van der Waals surface area contributed by atoms with Crippen LogP contribution in [0.2, 0.25) is 0 Å². The lowest BCUT2D eigenvalue weighted by Gasteiger charge is -2.17. The Bertz CT molecular complexity index is 530. The van der Waals surface area contributed by atoms with Crippen LogP contribution in [0.1, 0.15) is 12.0 Å². The van der Waals surface area contributed by atoms with E-state index in [1.165, 1.54) is 23.1 Å². The molecule has 3 rings (SSSR count). The van der Waals surface area contributed by atoms with Crippen molar-refractivity contribution in [3.05, 3.63) is 36.0 Å². The minimum atomic E-state index is 0.541. The van der Waals surface area contributed by atoms with Crippen LogP contribution in [0.3, 0.4) is 0 Å². The standard InChI is InChI=1S/C14H17N3/c1-10-4-5-13-12(3-2-7-16-13)14(10)17-11-6-8-15-9-11/h2-5,7,11,15,17H,6,8-9H2,1H3. The van der Waals surface area contributed by atoms with Crippen LogP contribution in [0, 0.1) is 6.92 Å². The number of benzene rings is 1. The second kappa shape index (κ2) is 4.34. The first-order valence-corrected chi connectivity index (χ1v) is 6.16. The average molecular weight is 227 g/mol. The Balaban J connectivity index is 2.03. The number of rotatable bonds is 2. The first-order chi connectivity index (χ1) is 8.34. The minimum absolute atomic E-state index is 0.541. The van der Waals surface area contributed by atoms with Gasteiger partial charge in [0.25, 0.3) is 0 Å². The van der Waals surface area contributed by atoms with Gasteiger partial charge in [0.1, 0.15) is 0 Å². The summed E-state index contributed by atoms with van der Waals surface area (Å²) >= 11 is 0. The van der Waals surface area contributed by atoms with E-state index in [1.54, 1.807) is 0 Å². The molecule has 0 saturated carbocycles. The van der Waals surface area contributed by atoms with E-state index >= 15 is 0 Å². The largest absolute Gasteiger partial charge is 0.380 e. The third-order valence-corrected chi connectivity index (χ3v) is 3.40. The maximum Gasteiger partial charge on any atom is 0.0722 e. The van der Waals surface area contributed by atoms with Gasteiger partial charge in [-0.3, -0.25) is 4.98 Å². The Labute approximate surface area is 101 Å². The SMILES string of the molecule is Cc1ccc2ncccc2c1NC1CCNC1. The molecule has 2 N–H and O–H groups in total. The molecule has 1 unspecified atom stereocenters. The number of fused-ring (bicyclic) bond motifs is 1. The number of nitrogens with one attached hydrogen (secondary N) is 2. The lowest BCUT2D eigenvalue weighted by molar-refractivity contribution is 0.793. The fraction of sp³-hybridized carbons (Fsp3) is 0.357. The van der Waals surface area contributed by atoms with E-state index in [0.29, 0.717) is 6.04 Å². The molecule has 1 fully saturated rings. The van der Waals surface area contributed by atoms with Crippen LogP contribution < -0.4 is 10.6 Å². The van der Waals surface area contributed by atoms with E-state index in [-0.39, 0.29) is 0 Å². The molecule has 1 atom stereocenters. The van der Waals surface area contributed by atoms with Gasteiger partial charge in [-0.15, -0.1) is 0 Å². The fourth-order valence-electron chi connectivity index (χ4n) is 2.43. The summed E-state index contributed by atoms with van der Waals surface area (Å²) in [7, 11) is 0. The molecule has 1 aliphatic heterocycles. The molecule has 3 heteroatoms. The van der Waals surface area contributed by atoms with E-state index in [1.807, 2.05) is 12.3 Å². The van der Waals surface area contributed by atoms with Crippen molar-refractivity contribution in [3.63, 3.8) is 0 Å². The zero-order chi connectivity index (χ0) is 11.7. The van der Waals surface area contributed by atoms with Crippen LogP contribution >= 0.6 is 0 Å². The van der Waals surface area contributed by atoms with Gasteiger partial charge in [-0.1, -0.05) is 6.07 Å². The monoisotopic (exact) mass is 227 g/mol. The summed E-state index contributed by atoms with van der Waals surface area (Å²) in [6, 6.07) is 8.90. The number of aryl methyl sites for hydroxylation is 1. The average Bonchev–Trinajstić information content (AvgIpc) is 2.86. The molecule has 17 heavy (non-hydrogen) atoms. The highest BCUT2D eigenvalue weighted by Gasteiger charge is 2.16. The Morgan fingerprint density at radius 3 is 3.12 bits per heavy atom.